The molecule has 0 spiro atoms. The maximum atomic E-state index is 12.3. The Morgan fingerprint density at radius 3 is 2.77 bits per heavy atom. The van der Waals surface area contributed by atoms with E-state index >= 15 is 0 Å². The molecule has 0 fully saturated rings. The van der Waals surface area contributed by atoms with Crippen LogP contribution in [-0.2, 0) is 4.74 Å². The van der Waals surface area contributed by atoms with Crippen molar-refractivity contribution in [3.05, 3.63) is 48.2 Å². The van der Waals surface area contributed by atoms with Crippen LogP contribution in [0.5, 0.6) is 5.75 Å². The van der Waals surface area contributed by atoms with E-state index < -0.39 is 0 Å². The number of nitrogens with zero attached hydrogens (tertiary/aromatic N) is 3. The number of nitriles is 1. The second-order valence-electron chi connectivity index (χ2n) is 6.37. The Kier molecular flexibility index (Phi) is 5.10. The number of carbonyl (C=O) groups is 1. The van der Waals surface area contributed by atoms with Gasteiger partial charge in [0.05, 0.1) is 36.2 Å². The lowest BCUT2D eigenvalue weighted by atomic mass is 10.1. The smallest absolute Gasteiger partial charge is 0.340 e. The number of methoxy groups -OCH3 is 1. The third-order valence-electron chi connectivity index (χ3n) is 4.19. The summed E-state index contributed by atoms with van der Waals surface area (Å²) in [5.74, 6) is 0.298. The van der Waals surface area contributed by atoms with Gasteiger partial charge >= 0.3 is 5.97 Å². The van der Waals surface area contributed by atoms with Crippen molar-refractivity contribution in [3.63, 3.8) is 0 Å². The molecular formula is C20H21N3O3. The number of hydrogen-bond acceptors (Lipinski definition) is 5. The van der Waals surface area contributed by atoms with Crippen LogP contribution < -0.4 is 4.74 Å². The SMILES string of the molecule is COC(=O)c1c2ccc(OC(CC#N)CN(C)C)cc2n2ccccc12. The van der Waals surface area contributed by atoms with Crippen LogP contribution in [0.4, 0.5) is 0 Å². The van der Waals surface area contributed by atoms with Gasteiger partial charge in [0.1, 0.15) is 11.9 Å². The van der Waals surface area contributed by atoms with Crippen LogP contribution in [0.1, 0.15) is 16.8 Å². The predicted molar refractivity (Wildman–Crippen MR) is 99.4 cm³/mol. The van der Waals surface area contributed by atoms with Gasteiger partial charge < -0.3 is 18.8 Å². The fourth-order valence-electron chi connectivity index (χ4n) is 3.15. The molecule has 3 aromatic rings. The Balaban J connectivity index is 2.07. The maximum Gasteiger partial charge on any atom is 0.340 e. The van der Waals surface area contributed by atoms with E-state index in [-0.39, 0.29) is 12.1 Å². The molecule has 0 aliphatic carbocycles. The Labute approximate surface area is 152 Å². The molecule has 2 heterocycles. The molecule has 6 nitrogen and oxygen atoms in total. The van der Waals surface area contributed by atoms with Crippen LogP contribution in [0.15, 0.2) is 42.6 Å². The minimum absolute atomic E-state index is 0.223. The van der Waals surface area contributed by atoms with E-state index in [1.54, 1.807) is 0 Å². The standard InChI is InChI=1S/C20H21N3O3/c1-22(2)13-15(9-10-21)26-14-7-8-16-18(12-14)23-11-5-4-6-17(23)19(16)20(24)25-3/h4-8,11-12,15H,9,13H2,1-3H3. The largest absolute Gasteiger partial charge is 0.488 e. The molecule has 1 unspecified atom stereocenters. The molecule has 26 heavy (non-hydrogen) atoms. The van der Waals surface area contributed by atoms with Crippen molar-refractivity contribution in [2.75, 3.05) is 27.7 Å². The van der Waals surface area contributed by atoms with E-state index in [1.807, 2.05) is 66.0 Å². The number of ether oxygens (including phenoxy) is 2. The molecule has 0 amide bonds. The zero-order valence-corrected chi connectivity index (χ0v) is 15.1. The van der Waals surface area contributed by atoms with E-state index in [2.05, 4.69) is 6.07 Å². The molecule has 0 N–H and O–H groups in total. The molecule has 6 heteroatoms. The normalized spacial score (nSPS) is 12.3. The third kappa shape index (κ3) is 3.35. The van der Waals surface area contributed by atoms with Crippen LogP contribution in [0.3, 0.4) is 0 Å². The highest BCUT2D eigenvalue weighted by molar-refractivity contribution is 6.11. The zero-order chi connectivity index (χ0) is 18.7. The first-order valence-corrected chi connectivity index (χ1v) is 8.34. The summed E-state index contributed by atoms with van der Waals surface area (Å²) in [7, 11) is 5.27. The summed E-state index contributed by atoms with van der Waals surface area (Å²) in [5.41, 5.74) is 2.18. The summed E-state index contributed by atoms with van der Waals surface area (Å²) in [4.78, 5) is 14.3. The van der Waals surface area contributed by atoms with Crippen LogP contribution in [0.25, 0.3) is 16.4 Å². The molecule has 1 atom stereocenters. The number of carbonyl (C=O) groups excluding carboxylic acids is 1. The lowest BCUT2D eigenvalue weighted by Gasteiger charge is -2.20. The molecule has 134 valence electrons. The van der Waals surface area contributed by atoms with Crippen molar-refractivity contribution in [2.24, 2.45) is 0 Å². The van der Waals surface area contributed by atoms with Crippen molar-refractivity contribution in [1.29, 1.82) is 5.26 Å². The summed E-state index contributed by atoms with van der Waals surface area (Å²) >= 11 is 0. The lowest BCUT2D eigenvalue weighted by Crippen LogP contribution is -2.30. The first kappa shape index (κ1) is 17.8. The fourth-order valence-corrected chi connectivity index (χ4v) is 3.15. The number of aromatic nitrogens is 1. The molecule has 0 bridgehead atoms. The highest BCUT2D eigenvalue weighted by atomic mass is 16.5. The number of hydrogen-bond donors (Lipinski definition) is 0. The number of likely N-dealkylation sites (N-methyl/N-ethyl adjacent to an activating group) is 1. The predicted octanol–water partition coefficient (Wildman–Crippen LogP) is 3.10. The van der Waals surface area contributed by atoms with Gasteiger partial charge in [-0.3, -0.25) is 0 Å². The van der Waals surface area contributed by atoms with Gasteiger partial charge in [-0.25, -0.2) is 4.79 Å². The maximum absolute atomic E-state index is 12.3. The van der Waals surface area contributed by atoms with Gasteiger partial charge in [-0.2, -0.15) is 5.26 Å². The van der Waals surface area contributed by atoms with E-state index in [1.165, 1.54) is 7.11 Å². The molecule has 1 aromatic carbocycles. The summed E-state index contributed by atoms with van der Waals surface area (Å²) in [5, 5.41) is 9.83. The molecule has 2 aromatic heterocycles. The monoisotopic (exact) mass is 351 g/mol. The highest BCUT2D eigenvalue weighted by Crippen LogP contribution is 2.30. The number of rotatable bonds is 6. The number of esters is 1. The molecule has 0 saturated heterocycles. The highest BCUT2D eigenvalue weighted by Gasteiger charge is 2.19. The lowest BCUT2D eigenvalue weighted by molar-refractivity contribution is 0.0605. The van der Waals surface area contributed by atoms with Crippen LogP contribution >= 0.6 is 0 Å². The van der Waals surface area contributed by atoms with Crippen molar-refractivity contribution < 1.29 is 14.3 Å². The van der Waals surface area contributed by atoms with E-state index in [0.29, 0.717) is 24.3 Å². The summed E-state index contributed by atoms with van der Waals surface area (Å²) in [6.45, 7) is 0.647. The molecule has 0 aliphatic heterocycles. The van der Waals surface area contributed by atoms with Crippen molar-refractivity contribution in [2.45, 2.75) is 12.5 Å². The number of pyridine rings is 1. The van der Waals surface area contributed by atoms with Crippen LogP contribution in [0.2, 0.25) is 0 Å². The Bertz CT molecular complexity index is 985. The van der Waals surface area contributed by atoms with Gasteiger partial charge in [-0.15, -0.1) is 0 Å². The zero-order valence-electron chi connectivity index (χ0n) is 15.1. The molecule has 0 aliphatic rings. The Morgan fingerprint density at radius 2 is 2.08 bits per heavy atom. The first-order chi connectivity index (χ1) is 12.5. The molecular weight excluding hydrogens is 330 g/mol. The van der Waals surface area contributed by atoms with Crippen LogP contribution in [-0.4, -0.2) is 49.1 Å². The van der Waals surface area contributed by atoms with Gasteiger partial charge in [0.15, 0.2) is 0 Å². The topological polar surface area (TPSA) is 67.0 Å². The molecule has 0 radical (unpaired) electrons. The van der Waals surface area contributed by atoms with E-state index in [0.717, 1.165) is 16.4 Å². The minimum atomic E-state index is -0.368. The average molecular weight is 351 g/mol. The van der Waals surface area contributed by atoms with Gasteiger partial charge in [-0.05, 0) is 38.4 Å². The van der Waals surface area contributed by atoms with Gasteiger partial charge in [0.2, 0.25) is 0 Å². The van der Waals surface area contributed by atoms with Gasteiger partial charge in [0.25, 0.3) is 0 Å². The van der Waals surface area contributed by atoms with Gasteiger partial charge in [0, 0.05) is 24.2 Å². The van der Waals surface area contributed by atoms with Crippen molar-refractivity contribution in [3.8, 4) is 11.8 Å². The van der Waals surface area contributed by atoms with Crippen LogP contribution in [0, 0.1) is 11.3 Å². The molecule has 0 saturated carbocycles. The molecule has 3 rings (SSSR count). The number of benzene rings is 1. The fraction of sp³-hybridized carbons (Fsp3) is 0.300. The summed E-state index contributed by atoms with van der Waals surface area (Å²) < 4.78 is 12.9. The average Bonchev–Trinajstić information content (AvgIpc) is 2.95. The first-order valence-electron chi connectivity index (χ1n) is 8.34. The quantitative estimate of drug-likeness (QED) is 0.639. The number of fused-ring (bicyclic) bond motifs is 3. The summed E-state index contributed by atoms with van der Waals surface area (Å²) in [6.07, 6.45) is 1.98. The summed E-state index contributed by atoms with van der Waals surface area (Å²) in [6, 6.07) is 13.4. The van der Waals surface area contributed by atoms with E-state index in [4.69, 9.17) is 14.7 Å². The minimum Gasteiger partial charge on any atom is -0.488 e. The Morgan fingerprint density at radius 1 is 1.27 bits per heavy atom. The Hall–Kier alpha value is -3.04. The van der Waals surface area contributed by atoms with Crippen molar-refractivity contribution >= 4 is 22.4 Å². The second-order valence-corrected chi connectivity index (χ2v) is 6.37. The van der Waals surface area contributed by atoms with E-state index in [9.17, 15) is 4.79 Å². The third-order valence-corrected chi connectivity index (χ3v) is 4.19. The second kappa shape index (κ2) is 7.46. The van der Waals surface area contributed by atoms with Crippen molar-refractivity contribution in [1.82, 2.24) is 9.30 Å². The van der Waals surface area contributed by atoms with Gasteiger partial charge in [-0.1, -0.05) is 6.07 Å².